The molecule has 1 aliphatic heterocycles. The average molecular weight is 342 g/mol. The van der Waals surface area contributed by atoms with Gasteiger partial charge < -0.3 is 25.6 Å². The van der Waals surface area contributed by atoms with Gasteiger partial charge in [-0.3, -0.25) is 9.59 Å². The summed E-state index contributed by atoms with van der Waals surface area (Å²) in [6, 6.07) is -1.93. The van der Waals surface area contributed by atoms with Gasteiger partial charge in [-0.2, -0.15) is 0 Å². The third-order valence-electron chi connectivity index (χ3n) is 3.42. The summed E-state index contributed by atoms with van der Waals surface area (Å²) in [5.41, 5.74) is 16.4. The van der Waals surface area contributed by atoms with Crippen LogP contribution in [0.5, 0.6) is 0 Å². The van der Waals surface area contributed by atoms with Gasteiger partial charge in [-0.15, -0.1) is 0 Å². The zero-order valence-corrected chi connectivity index (χ0v) is 12.8. The molecule has 1 heterocycles. The van der Waals surface area contributed by atoms with E-state index in [2.05, 4.69) is 30.7 Å². The maximum absolute atomic E-state index is 11.7. The van der Waals surface area contributed by atoms with E-state index < -0.39 is 61.9 Å². The van der Waals surface area contributed by atoms with E-state index in [1.165, 1.54) is 0 Å². The minimum Gasteiger partial charge on any atom is -0.394 e. The number of carbonyl (C=O) groups is 2. The van der Waals surface area contributed by atoms with Crippen molar-refractivity contribution in [2.24, 2.45) is 10.2 Å². The Bertz CT molecular complexity index is 559. The molecular weight excluding hydrogens is 324 g/mol. The van der Waals surface area contributed by atoms with Crippen LogP contribution in [0, 0.1) is 0 Å². The van der Waals surface area contributed by atoms with Gasteiger partial charge in [-0.1, -0.05) is 10.2 Å². The van der Waals surface area contributed by atoms with E-state index in [0.29, 0.717) is 0 Å². The number of aliphatic hydroxyl groups is 2. The molecule has 0 aromatic heterocycles. The van der Waals surface area contributed by atoms with Crippen LogP contribution in [0.15, 0.2) is 10.2 Å². The summed E-state index contributed by atoms with van der Waals surface area (Å²) >= 11 is 0. The predicted octanol–water partition coefficient (Wildman–Crippen LogP) is -1.28. The van der Waals surface area contributed by atoms with E-state index >= 15 is 0 Å². The molecule has 2 amide bonds. The Morgan fingerprint density at radius 3 is 2.08 bits per heavy atom. The maximum atomic E-state index is 11.7. The molecule has 0 aromatic carbocycles. The smallest absolute Gasteiger partial charge is 0.226 e. The monoisotopic (exact) mass is 342 g/mol. The Balaban J connectivity index is 2.83. The number of amides is 2. The first-order valence-electron chi connectivity index (χ1n) is 6.99. The lowest BCUT2D eigenvalue weighted by Crippen LogP contribution is -2.68. The first-order valence-corrected chi connectivity index (χ1v) is 6.99. The van der Waals surface area contributed by atoms with Crippen molar-refractivity contribution in [1.82, 2.24) is 10.6 Å². The molecule has 2 unspecified atom stereocenters. The summed E-state index contributed by atoms with van der Waals surface area (Å²) in [7, 11) is 0. The summed E-state index contributed by atoms with van der Waals surface area (Å²) in [6.07, 6.45) is -2.86. The molecule has 13 nitrogen and oxygen atoms in total. The minimum absolute atomic E-state index is 0.455. The summed E-state index contributed by atoms with van der Waals surface area (Å²) in [6.45, 7) is 0.154. The lowest BCUT2D eigenvalue weighted by Gasteiger charge is -2.43. The fourth-order valence-electron chi connectivity index (χ4n) is 2.36. The number of hydrogen-bond donors (Lipinski definition) is 4. The molecule has 0 aliphatic carbocycles. The van der Waals surface area contributed by atoms with Crippen molar-refractivity contribution in [2.75, 3.05) is 19.7 Å². The van der Waals surface area contributed by atoms with E-state index in [9.17, 15) is 19.8 Å². The van der Waals surface area contributed by atoms with Gasteiger partial charge >= 0.3 is 0 Å². The molecule has 1 rings (SSSR count). The van der Waals surface area contributed by atoms with Gasteiger partial charge in [-0.25, -0.2) is 0 Å². The molecule has 0 radical (unpaired) electrons. The SMILES string of the molecule is C[C@@H]1OC(CO)[C@@H](NC(=O)CN=[N+]=[N-])[C@H](O)C1NC(=O)CN=[N+]=[N-]. The quantitative estimate of drug-likeness (QED) is 0.252. The maximum Gasteiger partial charge on any atom is 0.226 e. The van der Waals surface area contributed by atoms with Crippen molar-refractivity contribution in [1.29, 1.82) is 0 Å². The van der Waals surface area contributed by atoms with E-state index in [4.69, 9.17) is 15.8 Å². The van der Waals surface area contributed by atoms with E-state index in [1.54, 1.807) is 6.92 Å². The number of rotatable bonds is 7. The van der Waals surface area contributed by atoms with Crippen molar-refractivity contribution in [3.8, 4) is 0 Å². The summed E-state index contributed by atoms with van der Waals surface area (Å²) in [5, 5.41) is 30.8. The first-order chi connectivity index (χ1) is 11.4. The third kappa shape index (κ3) is 5.26. The molecule has 1 aliphatic rings. The van der Waals surface area contributed by atoms with E-state index in [-0.39, 0.29) is 0 Å². The highest BCUT2D eigenvalue weighted by atomic mass is 16.5. The van der Waals surface area contributed by atoms with Crippen molar-refractivity contribution in [3.05, 3.63) is 20.9 Å². The molecule has 0 spiro atoms. The molecule has 1 saturated heterocycles. The van der Waals surface area contributed by atoms with Crippen LogP contribution < -0.4 is 10.6 Å². The fourth-order valence-corrected chi connectivity index (χ4v) is 2.36. The number of nitrogens with zero attached hydrogens (tertiary/aromatic N) is 6. The average Bonchev–Trinajstić information content (AvgIpc) is 2.57. The van der Waals surface area contributed by atoms with Gasteiger partial charge in [0, 0.05) is 9.82 Å². The Kier molecular flexibility index (Phi) is 7.75. The second-order valence-corrected chi connectivity index (χ2v) is 5.02. The number of azide groups is 2. The molecular formula is C11H18N8O5. The summed E-state index contributed by atoms with van der Waals surface area (Å²) < 4.78 is 5.50. The standard InChI is InChI=1S/C11H18N8O5/c1-5-9(16-7(21)2-14-18-12)11(23)10(6(4-20)24-5)17-8(22)3-15-19-13/h5-6,9-11,20,23H,2-4H2,1H3,(H,16,21)(H,17,22)/t5-,6?,9?,10+,11+/m0/s1. The van der Waals surface area contributed by atoms with Crippen LogP contribution in [0.25, 0.3) is 20.9 Å². The van der Waals surface area contributed by atoms with E-state index in [0.717, 1.165) is 0 Å². The molecule has 13 heteroatoms. The number of aliphatic hydroxyl groups excluding tert-OH is 2. The van der Waals surface area contributed by atoms with Gasteiger partial charge in [0.25, 0.3) is 0 Å². The first kappa shape index (κ1) is 19.5. The lowest BCUT2D eigenvalue weighted by molar-refractivity contribution is -0.155. The fraction of sp³-hybridized carbons (Fsp3) is 0.818. The highest BCUT2D eigenvalue weighted by Crippen LogP contribution is 2.21. The number of nitrogens with one attached hydrogen (secondary N) is 2. The van der Waals surface area contributed by atoms with Gasteiger partial charge in [-0.05, 0) is 18.0 Å². The highest BCUT2D eigenvalue weighted by molar-refractivity contribution is 5.79. The Morgan fingerprint density at radius 2 is 1.62 bits per heavy atom. The molecule has 24 heavy (non-hydrogen) atoms. The zero-order chi connectivity index (χ0) is 18.1. The molecule has 0 saturated carbocycles. The molecule has 0 bridgehead atoms. The highest BCUT2D eigenvalue weighted by Gasteiger charge is 2.44. The zero-order valence-electron chi connectivity index (χ0n) is 12.8. The van der Waals surface area contributed by atoms with Gasteiger partial charge in [0.05, 0.1) is 30.9 Å². The number of ether oxygens (including phenoxy) is 1. The van der Waals surface area contributed by atoms with Crippen LogP contribution in [0.1, 0.15) is 6.92 Å². The van der Waals surface area contributed by atoms with Crippen molar-refractivity contribution >= 4 is 11.8 Å². The normalized spacial score (nSPS) is 28.9. The van der Waals surface area contributed by atoms with Crippen molar-refractivity contribution in [3.63, 3.8) is 0 Å². The van der Waals surface area contributed by atoms with Crippen LogP contribution in [0.4, 0.5) is 0 Å². The van der Waals surface area contributed by atoms with Crippen LogP contribution >= 0.6 is 0 Å². The molecule has 0 aromatic rings. The van der Waals surface area contributed by atoms with Crippen LogP contribution in [0.2, 0.25) is 0 Å². The molecule has 5 atom stereocenters. The van der Waals surface area contributed by atoms with Crippen LogP contribution in [-0.2, 0) is 14.3 Å². The Labute approximate surface area is 136 Å². The summed E-state index contributed by atoms with van der Waals surface area (Å²) in [5.74, 6) is -1.30. The Morgan fingerprint density at radius 1 is 1.12 bits per heavy atom. The second-order valence-electron chi connectivity index (χ2n) is 5.02. The molecule has 4 N–H and O–H groups in total. The minimum atomic E-state index is -1.28. The number of carbonyl (C=O) groups excluding carboxylic acids is 2. The molecule has 132 valence electrons. The second kappa shape index (κ2) is 9.55. The van der Waals surface area contributed by atoms with Crippen molar-refractivity contribution < 1.29 is 24.5 Å². The van der Waals surface area contributed by atoms with E-state index in [1.807, 2.05) is 0 Å². The predicted molar refractivity (Wildman–Crippen MR) is 79.3 cm³/mol. The Hall–Kier alpha value is -2.56. The van der Waals surface area contributed by atoms with Crippen molar-refractivity contribution in [2.45, 2.75) is 37.3 Å². The topological polar surface area (TPSA) is 205 Å². The van der Waals surface area contributed by atoms with Gasteiger partial charge in [0.15, 0.2) is 0 Å². The third-order valence-corrected chi connectivity index (χ3v) is 3.42. The van der Waals surface area contributed by atoms with Gasteiger partial charge in [0.1, 0.15) is 19.2 Å². The summed E-state index contributed by atoms with van der Waals surface area (Å²) in [4.78, 5) is 28.2. The van der Waals surface area contributed by atoms with Crippen LogP contribution in [0.3, 0.4) is 0 Å². The lowest BCUT2D eigenvalue weighted by atomic mass is 9.91. The number of hydrogen-bond acceptors (Lipinski definition) is 7. The van der Waals surface area contributed by atoms with Gasteiger partial charge in [0.2, 0.25) is 11.8 Å². The largest absolute Gasteiger partial charge is 0.394 e. The van der Waals surface area contributed by atoms with Crippen LogP contribution in [-0.4, -0.2) is 72.1 Å². The molecule has 1 fully saturated rings.